The van der Waals surface area contributed by atoms with Crippen LogP contribution in [-0.2, 0) is 11.3 Å². The third-order valence-corrected chi connectivity index (χ3v) is 4.17. The van der Waals surface area contributed by atoms with Gasteiger partial charge in [-0.3, -0.25) is 4.79 Å². The number of ether oxygens (including phenoxy) is 1. The van der Waals surface area contributed by atoms with Crippen molar-refractivity contribution in [2.75, 3.05) is 18.5 Å². The zero-order chi connectivity index (χ0) is 17.6. The summed E-state index contributed by atoms with van der Waals surface area (Å²) in [5.74, 6) is 0.266. The Kier molecular flexibility index (Phi) is 5.60. The topological polar surface area (TPSA) is 76.1 Å². The van der Waals surface area contributed by atoms with E-state index in [1.54, 1.807) is 6.07 Å². The molecule has 1 atom stereocenters. The van der Waals surface area contributed by atoms with Gasteiger partial charge in [-0.15, -0.1) is 0 Å². The highest BCUT2D eigenvalue weighted by Gasteiger charge is 2.16. The number of anilines is 1. The van der Waals surface area contributed by atoms with E-state index in [4.69, 9.17) is 4.74 Å². The van der Waals surface area contributed by atoms with Gasteiger partial charge in [-0.2, -0.15) is 0 Å². The number of amides is 1. The summed E-state index contributed by atoms with van der Waals surface area (Å²) in [6.07, 6.45) is 2.33. The number of carbonyl (C=O) groups excluding carboxylic acids is 1. The summed E-state index contributed by atoms with van der Waals surface area (Å²) < 4.78 is 5.58. The monoisotopic (exact) mass is 340 g/mol. The second kappa shape index (κ2) is 8.07. The number of rotatable bonds is 6. The molecule has 1 aromatic heterocycles. The van der Waals surface area contributed by atoms with Gasteiger partial charge in [0.15, 0.2) is 0 Å². The van der Waals surface area contributed by atoms with Gasteiger partial charge in [0, 0.05) is 25.4 Å². The third kappa shape index (κ3) is 5.00. The lowest BCUT2D eigenvalue weighted by Crippen LogP contribution is -2.25. The third-order valence-electron chi connectivity index (χ3n) is 4.17. The number of hydrogen-bond acceptors (Lipinski definition) is 5. The van der Waals surface area contributed by atoms with Crippen molar-refractivity contribution < 1.29 is 9.53 Å². The van der Waals surface area contributed by atoms with Gasteiger partial charge in [0.25, 0.3) is 5.91 Å². The van der Waals surface area contributed by atoms with Crippen molar-refractivity contribution in [1.82, 2.24) is 15.3 Å². The Morgan fingerprint density at radius 2 is 2.04 bits per heavy atom. The highest BCUT2D eigenvalue weighted by molar-refractivity contribution is 5.92. The predicted octanol–water partition coefficient (Wildman–Crippen LogP) is 2.61. The molecule has 0 saturated carbocycles. The van der Waals surface area contributed by atoms with Crippen LogP contribution in [0.4, 0.5) is 5.95 Å². The van der Waals surface area contributed by atoms with E-state index in [0.717, 1.165) is 30.7 Å². The lowest BCUT2D eigenvalue weighted by molar-refractivity contribution is 0.0945. The normalized spacial score (nSPS) is 16.6. The molecule has 1 unspecified atom stereocenters. The zero-order valence-corrected chi connectivity index (χ0v) is 14.7. The summed E-state index contributed by atoms with van der Waals surface area (Å²) in [4.78, 5) is 21.1. The van der Waals surface area contributed by atoms with Gasteiger partial charge in [0.1, 0.15) is 5.69 Å². The number of hydrogen-bond donors (Lipinski definition) is 2. The molecular formula is C19H24N4O2. The van der Waals surface area contributed by atoms with E-state index < -0.39 is 0 Å². The summed E-state index contributed by atoms with van der Waals surface area (Å²) in [6.45, 7) is 5.84. The standard InChI is InChI=1S/C19H24N4O2/c1-13-5-7-15(8-6-13)11-20-18(24)17-10-14(2)22-19(23-17)21-12-16-4-3-9-25-16/h5-8,10,16H,3-4,9,11-12H2,1-2H3,(H,20,24)(H,21,22,23). The molecule has 2 aromatic rings. The molecule has 1 aliphatic rings. The summed E-state index contributed by atoms with van der Waals surface area (Å²) >= 11 is 0. The fourth-order valence-corrected chi connectivity index (χ4v) is 2.75. The molecule has 1 fully saturated rings. The number of aromatic nitrogens is 2. The molecule has 1 aliphatic heterocycles. The van der Waals surface area contributed by atoms with Gasteiger partial charge >= 0.3 is 0 Å². The Morgan fingerprint density at radius 1 is 1.24 bits per heavy atom. The molecule has 2 N–H and O–H groups in total. The first-order valence-corrected chi connectivity index (χ1v) is 8.65. The van der Waals surface area contributed by atoms with Gasteiger partial charge in [-0.05, 0) is 38.3 Å². The molecule has 6 nitrogen and oxygen atoms in total. The second-order valence-electron chi connectivity index (χ2n) is 6.40. The van der Waals surface area contributed by atoms with E-state index in [-0.39, 0.29) is 12.0 Å². The van der Waals surface area contributed by atoms with E-state index in [0.29, 0.717) is 24.7 Å². The van der Waals surface area contributed by atoms with E-state index in [9.17, 15) is 4.79 Å². The number of aryl methyl sites for hydroxylation is 2. The maximum Gasteiger partial charge on any atom is 0.270 e. The van der Waals surface area contributed by atoms with Crippen LogP contribution in [0, 0.1) is 13.8 Å². The van der Waals surface area contributed by atoms with Crippen LogP contribution < -0.4 is 10.6 Å². The molecule has 25 heavy (non-hydrogen) atoms. The average molecular weight is 340 g/mol. The Balaban J connectivity index is 1.60. The molecule has 0 aliphatic carbocycles. The first-order chi connectivity index (χ1) is 12.1. The molecule has 2 heterocycles. The number of carbonyl (C=O) groups is 1. The number of nitrogens with zero attached hydrogens (tertiary/aromatic N) is 2. The van der Waals surface area contributed by atoms with Crippen molar-refractivity contribution in [3.8, 4) is 0 Å². The lowest BCUT2D eigenvalue weighted by atomic mass is 10.1. The van der Waals surface area contributed by atoms with Gasteiger partial charge in [-0.25, -0.2) is 9.97 Å². The van der Waals surface area contributed by atoms with Crippen molar-refractivity contribution >= 4 is 11.9 Å². The summed E-state index contributed by atoms with van der Waals surface area (Å²) in [6, 6.07) is 9.78. The van der Waals surface area contributed by atoms with Crippen molar-refractivity contribution in [3.63, 3.8) is 0 Å². The summed E-state index contributed by atoms with van der Waals surface area (Å²) in [5.41, 5.74) is 3.38. The number of benzene rings is 1. The van der Waals surface area contributed by atoms with Crippen LogP contribution in [-0.4, -0.2) is 35.1 Å². The fraction of sp³-hybridized carbons (Fsp3) is 0.421. The SMILES string of the molecule is Cc1ccc(CNC(=O)c2cc(C)nc(NCC3CCCO3)n2)cc1. The average Bonchev–Trinajstić information content (AvgIpc) is 3.12. The van der Waals surface area contributed by atoms with Crippen LogP contribution >= 0.6 is 0 Å². The number of nitrogens with one attached hydrogen (secondary N) is 2. The minimum absolute atomic E-state index is 0.197. The van der Waals surface area contributed by atoms with Gasteiger partial charge in [0.05, 0.1) is 6.10 Å². The van der Waals surface area contributed by atoms with Gasteiger partial charge in [-0.1, -0.05) is 29.8 Å². The van der Waals surface area contributed by atoms with Gasteiger partial charge in [0.2, 0.25) is 5.95 Å². The van der Waals surface area contributed by atoms with Crippen LogP contribution in [0.5, 0.6) is 0 Å². The van der Waals surface area contributed by atoms with E-state index in [1.807, 2.05) is 38.1 Å². The maximum atomic E-state index is 12.4. The Morgan fingerprint density at radius 3 is 2.76 bits per heavy atom. The molecule has 1 aromatic carbocycles. The largest absolute Gasteiger partial charge is 0.376 e. The van der Waals surface area contributed by atoms with Crippen molar-refractivity contribution in [3.05, 3.63) is 52.8 Å². The van der Waals surface area contributed by atoms with Crippen LogP contribution in [0.1, 0.15) is 40.2 Å². The Bertz CT molecular complexity index is 725. The van der Waals surface area contributed by atoms with Crippen molar-refractivity contribution in [2.45, 2.75) is 39.3 Å². The molecule has 1 amide bonds. The van der Waals surface area contributed by atoms with E-state index in [2.05, 4.69) is 20.6 Å². The quantitative estimate of drug-likeness (QED) is 0.845. The molecule has 132 valence electrons. The molecular weight excluding hydrogens is 316 g/mol. The molecule has 1 saturated heterocycles. The Hall–Kier alpha value is -2.47. The minimum Gasteiger partial charge on any atom is -0.376 e. The van der Waals surface area contributed by atoms with Crippen LogP contribution in [0.25, 0.3) is 0 Å². The van der Waals surface area contributed by atoms with Crippen LogP contribution in [0.3, 0.4) is 0 Å². The summed E-state index contributed by atoms with van der Waals surface area (Å²) in [7, 11) is 0. The van der Waals surface area contributed by atoms with Crippen molar-refractivity contribution in [1.29, 1.82) is 0 Å². The molecule has 0 spiro atoms. The Labute approximate surface area is 148 Å². The van der Waals surface area contributed by atoms with E-state index >= 15 is 0 Å². The maximum absolute atomic E-state index is 12.4. The first kappa shape index (κ1) is 17.4. The highest BCUT2D eigenvalue weighted by atomic mass is 16.5. The zero-order valence-electron chi connectivity index (χ0n) is 14.7. The lowest BCUT2D eigenvalue weighted by Gasteiger charge is -2.12. The molecule has 0 radical (unpaired) electrons. The second-order valence-corrected chi connectivity index (χ2v) is 6.40. The fourth-order valence-electron chi connectivity index (χ4n) is 2.75. The molecule has 0 bridgehead atoms. The molecule has 3 rings (SSSR count). The van der Waals surface area contributed by atoms with Gasteiger partial charge < -0.3 is 15.4 Å². The highest BCUT2D eigenvalue weighted by Crippen LogP contribution is 2.13. The minimum atomic E-state index is -0.203. The van der Waals surface area contributed by atoms with Crippen molar-refractivity contribution in [2.24, 2.45) is 0 Å². The predicted molar refractivity (Wildman–Crippen MR) is 96.6 cm³/mol. The van der Waals surface area contributed by atoms with Crippen LogP contribution in [0.2, 0.25) is 0 Å². The van der Waals surface area contributed by atoms with E-state index in [1.165, 1.54) is 5.56 Å². The summed E-state index contributed by atoms with van der Waals surface area (Å²) in [5, 5.41) is 6.08. The molecule has 6 heteroatoms. The smallest absolute Gasteiger partial charge is 0.270 e. The first-order valence-electron chi connectivity index (χ1n) is 8.65. The van der Waals surface area contributed by atoms with Crippen LogP contribution in [0.15, 0.2) is 30.3 Å².